The molecule has 0 amide bonds. The van der Waals surface area contributed by atoms with Crippen molar-refractivity contribution in [3.63, 3.8) is 0 Å². The number of ether oxygens (including phenoxy) is 1. The van der Waals surface area contributed by atoms with E-state index >= 15 is 0 Å². The van der Waals surface area contributed by atoms with Crippen molar-refractivity contribution in [1.29, 1.82) is 0 Å². The molecule has 3 heteroatoms. The monoisotopic (exact) mass is 270 g/mol. The van der Waals surface area contributed by atoms with Gasteiger partial charge in [0.1, 0.15) is 5.75 Å². The number of benzene rings is 2. The van der Waals surface area contributed by atoms with Crippen LogP contribution in [0.2, 0.25) is 0 Å². The minimum atomic E-state index is -0.00873. The number of hydrogen-bond donors (Lipinski definition) is 2. The van der Waals surface area contributed by atoms with E-state index in [0.717, 1.165) is 11.3 Å². The summed E-state index contributed by atoms with van der Waals surface area (Å²) >= 11 is 0. The minimum Gasteiger partial charge on any atom is -0.494 e. The van der Waals surface area contributed by atoms with Gasteiger partial charge in [0.15, 0.2) is 0 Å². The molecule has 0 bridgehead atoms. The Morgan fingerprint density at radius 3 is 2.40 bits per heavy atom. The molecule has 0 radical (unpaired) electrons. The second kappa shape index (κ2) is 6.55. The van der Waals surface area contributed by atoms with Gasteiger partial charge in [0.25, 0.3) is 0 Å². The van der Waals surface area contributed by atoms with E-state index in [0.29, 0.717) is 6.61 Å². The molecule has 0 aliphatic carbocycles. The van der Waals surface area contributed by atoms with Crippen LogP contribution in [0, 0.1) is 13.8 Å². The Bertz CT molecular complexity index is 564. The van der Waals surface area contributed by atoms with Crippen molar-refractivity contribution < 1.29 is 4.74 Å². The normalized spacial score (nSPS) is 12.2. The zero-order chi connectivity index (χ0) is 14.5. The molecule has 0 saturated heterocycles. The third-order valence-corrected chi connectivity index (χ3v) is 3.65. The summed E-state index contributed by atoms with van der Waals surface area (Å²) in [5.74, 6) is 6.65. The van der Waals surface area contributed by atoms with E-state index in [9.17, 15) is 0 Å². The van der Waals surface area contributed by atoms with Crippen LogP contribution in [-0.2, 0) is 0 Å². The van der Waals surface area contributed by atoms with Crippen molar-refractivity contribution in [1.82, 2.24) is 5.43 Å². The van der Waals surface area contributed by atoms with Crippen LogP contribution in [0.3, 0.4) is 0 Å². The molecule has 0 saturated carbocycles. The van der Waals surface area contributed by atoms with Gasteiger partial charge in [-0.1, -0.05) is 30.3 Å². The minimum absolute atomic E-state index is 0.00873. The standard InChI is InChI=1S/C17H22N2O/c1-4-20-15-10-8-14(9-11-15)17(19-18)16-7-5-6-12(2)13(16)3/h5-11,17,19H,4,18H2,1-3H3. The summed E-state index contributed by atoms with van der Waals surface area (Å²) in [5.41, 5.74) is 7.79. The van der Waals surface area contributed by atoms with E-state index < -0.39 is 0 Å². The van der Waals surface area contributed by atoms with Crippen LogP contribution >= 0.6 is 0 Å². The summed E-state index contributed by atoms with van der Waals surface area (Å²) in [7, 11) is 0. The maximum atomic E-state index is 5.77. The first kappa shape index (κ1) is 14.6. The Balaban J connectivity index is 2.34. The second-order valence-corrected chi connectivity index (χ2v) is 4.89. The number of aryl methyl sites for hydroxylation is 1. The number of nitrogens with one attached hydrogen (secondary N) is 1. The summed E-state index contributed by atoms with van der Waals surface area (Å²) in [5, 5.41) is 0. The highest BCUT2D eigenvalue weighted by Crippen LogP contribution is 2.27. The third kappa shape index (κ3) is 3.00. The maximum Gasteiger partial charge on any atom is 0.119 e. The highest BCUT2D eigenvalue weighted by atomic mass is 16.5. The average Bonchev–Trinajstić information content (AvgIpc) is 2.46. The molecule has 0 aliphatic heterocycles. The molecule has 0 heterocycles. The van der Waals surface area contributed by atoms with Crippen molar-refractivity contribution in [3.8, 4) is 5.75 Å². The van der Waals surface area contributed by atoms with Gasteiger partial charge < -0.3 is 4.74 Å². The lowest BCUT2D eigenvalue weighted by Crippen LogP contribution is -2.29. The van der Waals surface area contributed by atoms with Crippen LogP contribution in [0.25, 0.3) is 0 Å². The van der Waals surface area contributed by atoms with Gasteiger partial charge in [-0.3, -0.25) is 5.84 Å². The first-order valence-electron chi connectivity index (χ1n) is 6.92. The SMILES string of the molecule is CCOc1ccc(C(NN)c2cccc(C)c2C)cc1. The van der Waals surface area contributed by atoms with Crippen LogP contribution in [0.15, 0.2) is 42.5 Å². The average molecular weight is 270 g/mol. The van der Waals surface area contributed by atoms with Crippen molar-refractivity contribution in [2.24, 2.45) is 5.84 Å². The Morgan fingerprint density at radius 1 is 1.10 bits per heavy atom. The van der Waals surface area contributed by atoms with E-state index in [1.165, 1.54) is 16.7 Å². The topological polar surface area (TPSA) is 47.3 Å². The highest BCUT2D eigenvalue weighted by Gasteiger charge is 2.15. The summed E-state index contributed by atoms with van der Waals surface area (Å²) in [6.45, 7) is 6.90. The van der Waals surface area contributed by atoms with Crippen LogP contribution in [0.4, 0.5) is 0 Å². The van der Waals surface area contributed by atoms with Gasteiger partial charge in [-0.15, -0.1) is 0 Å². The molecule has 0 aliphatic rings. The fraction of sp³-hybridized carbons (Fsp3) is 0.294. The van der Waals surface area contributed by atoms with Crippen LogP contribution < -0.4 is 16.0 Å². The lowest BCUT2D eigenvalue weighted by Gasteiger charge is -2.20. The van der Waals surface area contributed by atoms with Crippen molar-refractivity contribution in [3.05, 3.63) is 64.7 Å². The Morgan fingerprint density at radius 2 is 1.80 bits per heavy atom. The van der Waals surface area contributed by atoms with Gasteiger partial charge in [-0.2, -0.15) is 0 Å². The molecular weight excluding hydrogens is 248 g/mol. The van der Waals surface area contributed by atoms with Crippen molar-refractivity contribution in [2.75, 3.05) is 6.61 Å². The van der Waals surface area contributed by atoms with Gasteiger partial charge in [-0.25, -0.2) is 5.43 Å². The molecule has 0 fully saturated rings. The molecule has 20 heavy (non-hydrogen) atoms. The molecule has 0 spiro atoms. The summed E-state index contributed by atoms with van der Waals surface area (Å²) in [6.07, 6.45) is 0. The highest BCUT2D eigenvalue weighted by molar-refractivity contribution is 5.41. The van der Waals surface area contributed by atoms with Crippen LogP contribution in [0.1, 0.15) is 35.2 Å². The molecule has 3 N–H and O–H groups in total. The van der Waals surface area contributed by atoms with Gasteiger partial charge in [-0.05, 0) is 55.2 Å². The molecule has 3 nitrogen and oxygen atoms in total. The predicted molar refractivity (Wildman–Crippen MR) is 82.7 cm³/mol. The summed E-state index contributed by atoms with van der Waals surface area (Å²) in [4.78, 5) is 0. The number of hydrazine groups is 1. The quantitative estimate of drug-likeness (QED) is 0.647. The molecule has 0 aromatic heterocycles. The molecule has 1 unspecified atom stereocenters. The van der Waals surface area contributed by atoms with Gasteiger partial charge >= 0.3 is 0 Å². The molecule has 2 rings (SSSR count). The lowest BCUT2D eigenvalue weighted by atomic mass is 9.93. The Labute approximate surface area is 120 Å². The zero-order valence-corrected chi connectivity index (χ0v) is 12.3. The number of nitrogens with two attached hydrogens (primary N) is 1. The van der Waals surface area contributed by atoms with E-state index in [1.807, 2.05) is 19.1 Å². The predicted octanol–water partition coefficient (Wildman–Crippen LogP) is 3.25. The fourth-order valence-electron chi connectivity index (χ4n) is 2.38. The Hall–Kier alpha value is -1.84. The molecule has 1 atom stereocenters. The fourth-order valence-corrected chi connectivity index (χ4v) is 2.38. The van der Waals surface area contributed by atoms with Crippen molar-refractivity contribution in [2.45, 2.75) is 26.8 Å². The number of rotatable bonds is 5. The smallest absolute Gasteiger partial charge is 0.119 e. The summed E-state index contributed by atoms with van der Waals surface area (Å²) in [6, 6.07) is 14.4. The van der Waals surface area contributed by atoms with E-state index in [1.54, 1.807) is 0 Å². The lowest BCUT2D eigenvalue weighted by molar-refractivity contribution is 0.340. The van der Waals surface area contributed by atoms with E-state index in [2.05, 4.69) is 49.6 Å². The van der Waals surface area contributed by atoms with Crippen LogP contribution in [0.5, 0.6) is 5.75 Å². The Kier molecular flexibility index (Phi) is 4.77. The van der Waals surface area contributed by atoms with E-state index in [-0.39, 0.29) is 6.04 Å². The second-order valence-electron chi connectivity index (χ2n) is 4.89. The van der Waals surface area contributed by atoms with E-state index in [4.69, 9.17) is 10.6 Å². The molecule has 2 aromatic rings. The van der Waals surface area contributed by atoms with Gasteiger partial charge in [0, 0.05) is 0 Å². The van der Waals surface area contributed by atoms with Gasteiger partial charge in [0.2, 0.25) is 0 Å². The maximum absolute atomic E-state index is 5.77. The third-order valence-electron chi connectivity index (χ3n) is 3.65. The van der Waals surface area contributed by atoms with Gasteiger partial charge in [0.05, 0.1) is 12.6 Å². The largest absolute Gasteiger partial charge is 0.494 e. The number of hydrogen-bond acceptors (Lipinski definition) is 3. The first-order valence-corrected chi connectivity index (χ1v) is 6.92. The van der Waals surface area contributed by atoms with Crippen molar-refractivity contribution >= 4 is 0 Å². The van der Waals surface area contributed by atoms with Crippen LogP contribution in [-0.4, -0.2) is 6.61 Å². The molecule has 106 valence electrons. The molecule has 2 aromatic carbocycles. The first-order chi connectivity index (χ1) is 9.67. The zero-order valence-electron chi connectivity index (χ0n) is 12.3. The summed E-state index contributed by atoms with van der Waals surface area (Å²) < 4.78 is 5.47. The molecular formula is C17H22N2O.